The first-order chi connectivity index (χ1) is 13.1. The Balaban J connectivity index is 1.79. The maximum absolute atomic E-state index is 14.1. The average Bonchev–Trinajstić information content (AvgIpc) is 2.70. The molecule has 0 aliphatic carbocycles. The van der Waals surface area contributed by atoms with Crippen LogP contribution in [0.5, 0.6) is 0 Å². The first-order valence-corrected chi connectivity index (χ1v) is 10.8. The standard InChI is InChI=1S/C20H24N4O2S/c1-23-15-16-14-17(10-11-19(16)21-20(23)25)22-27(26,18-8-4-2-5-9-18)24-12-6-3-7-13-24/h2,4-5,8-11,14H,3,6-7,12-13,15H2,1H3,(H,21,25)/t27-/m1/s1. The number of carbonyl (C=O) groups is 1. The van der Waals surface area contributed by atoms with E-state index in [-0.39, 0.29) is 6.03 Å². The predicted octanol–water partition coefficient (Wildman–Crippen LogP) is 4.22. The lowest BCUT2D eigenvalue weighted by molar-refractivity contribution is 0.218. The minimum Gasteiger partial charge on any atom is -0.323 e. The highest BCUT2D eigenvalue weighted by atomic mass is 32.2. The van der Waals surface area contributed by atoms with Crippen LogP contribution in [0.4, 0.5) is 16.2 Å². The first-order valence-electron chi connectivity index (χ1n) is 9.29. The van der Waals surface area contributed by atoms with E-state index in [1.54, 1.807) is 11.9 Å². The number of nitrogens with zero attached hydrogens (tertiary/aromatic N) is 3. The van der Waals surface area contributed by atoms with Gasteiger partial charge in [0.05, 0.1) is 10.6 Å². The van der Waals surface area contributed by atoms with Gasteiger partial charge in [-0.1, -0.05) is 24.6 Å². The number of anilines is 1. The minimum absolute atomic E-state index is 0.117. The van der Waals surface area contributed by atoms with Crippen molar-refractivity contribution in [2.45, 2.75) is 30.7 Å². The Bertz CT molecular complexity index is 961. The van der Waals surface area contributed by atoms with Crippen LogP contribution in [0.25, 0.3) is 0 Å². The van der Waals surface area contributed by atoms with Crippen molar-refractivity contribution in [1.82, 2.24) is 9.21 Å². The van der Waals surface area contributed by atoms with Crippen molar-refractivity contribution < 1.29 is 9.00 Å². The van der Waals surface area contributed by atoms with Crippen molar-refractivity contribution in [3.63, 3.8) is 0 Å². The van der Waals surface area contributed by atoms with E-state index < -0.39 is 9.92 Å². The summed E-state index contributed by atoms with van der Waals surface area (Å²) in [6, 6.07) is 15.0. The van der Waals surface area contributed by atoms with Crippen molar-refractivity contribution in [2.75, 3.05) is 25.5 Å². The molecule has 1 atom stereocenters. The summed E-state index contributed by atoms with van der Waals surface area (Å²) in [4.78, 5) is 14.2. The van der Waals surface area contributed by atoms with Gasteiger partial charge in [0.25, 0.3) is 0 Å². The number of piperidine rings is 1. The Kier molecular flexibility index (Phi) is 4.88. The SMILES string of the molecule is CN1Cc2cc(N=[S@](=O)(c3ccccc3)N3CCCCC3)ccc2NC1=O. The number of fused-ring (bicyclic) bond motifs is 1. The van der Waals surface area contributed by atoms with E-state index in [1.165, 1.54) is 6.42 Å². The fourth-order valence-corrected chi connectivity index (χ4v) is 5.72. The number of hydrogen-bond donors (Lipinski definition) is 1. The number of nitrogens with one attached hydrogen (secondary N) is 1. The number of hydrogen-bond acceptors (Lipinski definition) is 3. The summed E-state index contributed by atoms with van der Waals surface area (Å²) >= 11 is 0. The van der Waals surface area contributed by atoms with E-state index in [9.17, 15) is 9.00 Å². The summed E-state index contributed by atoms with van der Waals surface area (Å²) in [5.41, 5.74) is 2.45. The third-order valence-corrected chi connectivity index (χ3v) is 7.44. The zero-order valence-corrected chi connectivity index (χ0v) is 16.2. The van der Waals surface area contributed by atoms with Gasteiger partial charge in [-0.3, -0.25) is 0 Å². The van der Waals surface area contributed by atoms with Crippen molar-refractivity contribution >= 4 is 27.3 Å². The highest BCUT2D eigenvalue weighted by molar-refractivity contribution is 7.91. The van der Waals surface area contributed by atoms with E-state index in [1.807, 2.05) is 52.8 Å². The van der Waals surface area contributed by atoms with Crippen molar-refractivity contribution in [3.05, 3.63) is 54.1 Å². The lowest BCUT2D eigenvalue weighted by Gasteiger charge is -2.30. The highest BCUT2D eigenvalue weighted by Crippen LogP contribution is 2.31. The van der Waals surface area contributed by atoms with E-state index in [0.717, 1.165) is 42.1 Å². The van der Waals surface area contributed by atoms with E-state index in [2.05, 4.69) is 5.32 Å². The molecule has 0 saturated carbocycles. The van der Waals surface area contributed by atoms with Crippen LogP contribution in [-0.4, -0.2) is 39.6 Å². The third-order valence-electron chi connectivity index (χ3n) is 5.03. The van der Waals surface area contributed by atoms with Gasteiger partial charge < -0.3 is 10.2 Å². The van der Waals surface area contributed by atoms with Gasteiger partial charge in [0, 0.05) is 32.4 Å². The maximum atomic E-state index is 14.1. The van der Waals surface area contributed by atoms with Crippen LogP contribution in [0.1, 0.15) is 24.8 Å². The third kappa shape index (κ3) is 3.57. The van der Waals surface area contributed by atoms with Crippen LogP contribution in [0.2, 0.25) is 0 Å². The van der Waals surface area contributed by atoms with Crippen LogP contribution >= 0.6 is 0 Å². The van der Waals surface area contributed by atoms with Gasteiger partial charge >= 0.3 is 6.03 Å². The fourth-order valence-electron chi connectivity index (χ4n) is 3.54. The molecule has 0 spiro atoms. The van der Waals surface area contributed by atoms with Gasteiger partial charge in [-0.2, -0.15) is 4.36 Å². The zero-order valence-electron chi connectivity index (χ0n) is 15.4. The smallest absolute Gasteiger partial charge is 0.321 e. The monoisotopic (exact) mass is 384 g/mol. The molecule has 142 valence electrons. The normalized spacial score (nSPS) is 19.7. The van der Waals surface area contributed by atoms with Gasteiger partial charge in [0.1, 0.15) is 9.92 Å². The molecule has 1 saturated heterocycles. The summed E-state index contributed by atoms with van der Waals surface area (Å²) in [6.07, 6.45) is 3.26. The summed E-state index contributed by atoms with van der Waals surface area (Å²) in [5, 5.41) is 2.86. The summed E-state index contributed by atoms with van der Waals surface area (Å²) in [5.74, 6) is 0. The minimum atomic E-state index is -2.72. The lowest BCUT2D eigenvalue weighted by Crippen LogP contribution is -2.35. The number of rotatable bonds is 3. The highest BCUT2D eigenvalue weighted by Gasteiger charge is 2.25. The van der Waals surface area contributed by atoms with Crippen LogP contribution in [0.15, 0.2) is 57.8 Å². The molecule has 2 aliphatic rings. The Morgan fingerprint density at radius 3 is 2.52 bits per heavy atom. The number of urea groups is 1. The summed E-state index contributed by atoms with van der Waals surface area (Å²) in [7, 11) is -0.963. The van der Waals surface area contributed by atoms with Crippen molar-refractivity contribution in [3.8, 4) is 0 Å². The zero-order chi connectivity index (χ0) is 18.9. The molecular weight excluding hydrogens is 360 g/mol. The Morgan fingerprint density at radius 1 is 1.04 bits per heavy atom. The Morgan fingerprint density at radius 2 is 1.78 bits per heavy atom. The molecule has 2 aromatic carbocycles. The van der Waals surface area contributed by atoms with Gasteiger partial charge in [-0.15, -0.1) is 0 Å². The number of amides is 2. The average molecular weight is 385 g/mol. The largest absolute Gasteiger partial charge is 0.323 e. The second-order valence-electron chi connectivity index (χ2n) is 7.02. The van der Waals surface area contributed by atoms with Gasteiger partial charge in [0.15, 0.2) is 0 Å². The molecule has 0 aromatic heterocycles. The molecule has 1 fully saturated rings. The fraction of sp³-hybridized carbons (Fsp3) is 0.350. The molecule has 4 rings (SSSR count). The van der Waals surface area contributed by atoms with Crippen LogP contribution in [-0.2, 0) is 16.5 Å². The Hall–Kier alpha value is -2.38. The van der Waals surface area contributed by atoms with Crippen molar-refractivity contribution in [1.29, 1.82) is 0 Å². The molecule has 2 amide bonds. The maximum Gasteiger partial charge on any atom is 0.321 e. The number of carbonyl (C=O) groups excluding carboxylic acids is 1. The van der Waals surface area contributed by atoms with Crippen LogP contribution < -0.4 is 5.32 Å². The molecule has 2 aromatic rings. The van der Waals surface area contributed by atoms with E-state index >= 15 is 0 Å². The molecule has 27 heavy (non-hydrogen) atoms. The molecule has 6 nitrogen and oxygen atoms in total. The molecule has 0 bridgehead atoms. The van der Waals surface area contributed by atoms with E-state index in [4.69, 9.17) is 4.36 Å². The van der Waals surface area contributed by atoms with Gasteiger partial charge in [-0.05, 0) is 48.7 Å². The Labute approximate surface area is 160 Å². The molecule has 0 unspecified atom stereocenters. The second-order valence-corrected chi connectivity index (χ2v) is 9.18. The molecular formula is C20H24N4O2S. The van der Waals surface area contributed by atoms with Gasteiger partial charge in [-0.25, -0.2) is 13.3 Å². The topological polar surface area (TPSA) is 65.0 Å². The predicted molar refractivity (Wildman–Crippen MR) is 107 cm³/mol. The molecule has 0 radical (unpaired) electrons. The van der Waals surface area contributed by atoms with Crippen molar-refractivity contribution in [2.24, 2.45) is 4.36 Å². The van der Waals surface area contributed by atoms with Crippen LogP contribution in [0, 0.1) is 0 Å². The molecule has 2 aliphatic heterocycles. The summed E-state index contributed by atoms with van der Waals surface area (Å²) < 4.78 is 20.9. The summed E-state index contributed by atoms with van der Waals surface area (Å²) in [6.45, 7) is 2.10. The van der Waals surface area contributed by atoms with Gasteiger partial charge in [0.2, 0.25) is 0 Å². The van der Waals surface area contributed by atoms with E-state index in [0.29, 0.717) is 12.2 Å². The molecule has 7 heteroatoms. The quantitative estimate of drug-likeness (QED) is 0.861. The lowest BCUT2D eigenvalue weighted by atomic mass is 10.1. The second kappa shape index (κ2) is 7.32. The first kappa shape index (κ1) is 18.0. The molecule has 1 N–H and O–H groups in total. The molecule has 2 heterocycles. The number of benzene rings is 2. The van der Waals surface area contributed by atoms with Crippen LogP contribution in [0.3, 0.4) is 0 Å².